The molecule has 1 aromatic carbocycles. The van der Waals surface area contributed by atoms with E-state index >= 15 is 0 Å². The largest absolute Gasteiger partial charge is 0.486 e. The molecule has 1 aliphatic rings. The molecule has 0 aliphatic carbocycles. The van der Waals surface area contributed by atoms with Crippen LogP contribution in [0.5, 0.6) is 11.5 Å². The van der Waals surface area contributed by atoms with Gasteiger partial charge in [0, 0.05) is 30.7 Å². The summed E-state index contributed by atoms with van der Waals surface area (Å²) in [6, 6.07) is 4.18. The van der Waals surface area contributed by atoms with Gasteiger partial charge in [0.2, 0.25) is 0 Å². The molecule has 0 amide bonds. The topological polar surface area (TPSA) is 35.4 Å². The summed E-state index contributed by atoms with van der Waals surface area (Å²) >= 11 is 0. The third-order valence-corrected chi connectivity index (χ3v) is 3.64. The van der Waals surface area contributed by atoms with E-state index in [4.69, 9.17) is 9.47 Å². The predicted octanol–water partition coefficient (Wildman–Crippen LogP) is 1.98. The molecule has 3 rings (SSSR count). The summed E-state index contributed by atoms with van der Waals surface area (Å²) in [5.74, 6) is 1.71. The Hall–Kier alpha value is -1.68. The lowest BCUT2D eigenvalue weighted by Crippen LogP contribution is -2.15. The van der Waals surface area contributed by atoms with Crippen LogP contribution in [0.15, 0.2) is 12.1 Å². The molecule has 18 heavy (non-hydrogen) atoms. The lowest BCUT2D eigenvalue weighted by atomic mass is 10.1. The van der Waals surface area contributed by atoms with Crippen molar-refractivity contribution >= 4 is 10.9 Å². The highest BCUT2D eigenvalue weighted by atomic mass is 16.6. The highest BCUT2D eigenvalue weighted by Crippen LogP contribution is 2.37. The Morgan fingerprint density at radius 2 is 1.89 bits per heavy atom. The number of aryl methyl sites for hydroxylation is 1. The summed E-state index contributed by atoms with van der Waals surface area (Å²) in [6.07, 6.45) is 0. The minimum atomic E-state index is 0.630. The van der Waals surface area contributed by atoms with Crippen LogP contribution in [0.1, 0.15) is 11.3 Å². The van der Waals surface area contributed by atoms with E-state index in [1.54, 1.807) is 0 Å². The molecule has 1 aliphatic heterocycles. The van der Waals surface area contributed by atoms with Crippen LogP contribution in [0, 0.1) is 6.92 Å². The van der Waals surface area contributed by atoms with Gasteiger partial charge in [-0.05, 0) is 25.6 Å². The van der Waals surface area contributed by atoms with Crippen LogP contribution in [0.4, 0.5) is 0 Å². The minimum Gasteiger partial charge on any atom is -0.486 e. The number of benzene rings is 1. The number of nitrogens with zero attached hydrogens (tertiary/aromatic N) is 1. The fourth-order valence-electron chi connectivity index (χ4n) is 2.58. The number of fused-ring (bicyclic) bond motifs is 2. The molecular formula is C14H18N2O2. The van der Waals surface area contributed by atoms with E-state index < -0.39 is 0 Å². The molecule has 2 heterocycles. The average Bonchev–Trinajstić information content (AvgIpc) is 2.62. The Morgan fingerprint density at radius 1 is 1.22 bits per heavy atom. The van der Waals surface area contributed by atoms with E-state index in [-0.39, 0.29) is 0 Å². The van der Waals surface area contributed by atoms with Crippen LogP contribution in [-0.2, 0) is 13.6 Å². The van der Waals surface area contributed by atoms with Crippen LogP contribution in [0.2, 0.25) is 0 Å². The molecule has 4 nitrogen and oxygen atoms in total. The van der Waals surface area contributed by atoms with E-state index in [9.17, 15) is 0 Å². The Balaban J connectivity index is 2.26. The molecule has 96 valence electrons. The Bertz CT molecular complexity index is 602. The lowest BCUT2D eigenvalue weighted by molar-refractivity contribution is 0.172. The maximum absolute atomic E-state index is 5.66. The summed E-state index contributed by atoms with van der Waals surface area (Å²) < 4.78 is 13.5. The van der Waals surface area contributed by atoms with Gasteiger partial charge in [-0.25, -0.2) is 0 Å². The van der Waals surface area contributed by atoms with Crippen molar-refractivity contribution in [3.8, 4) is 11.5 Å². The van der Waals surface area contributed by atoms with Crippen molar-refractivity contribution in [2.45, 2.75) is 13.5 Å². The Labute approximate surface area is 106 Å². The zero-order valence-electron chi connectivity index (χ0n) is 11.0. The second-order valence-electron chi connectivity index (χ2n) is 4.67. The van der Waals surface area contributed by atoms with E-state index in [2.05, 4.69) is 36.0 Å². The third kappa shape index (κ3) is 1.56. The van der Waals surface area contributed by atoms with Crippen molar-refractivity contribution < 1.29 is 9.47 Å². The first-order valence-corrected chi connectivity index (χ1v) is 6.24. The van der Waals surface area contributed by atoms with E-state index in [1.807, 2.05) is 7.05 Å². The quantitative estimate of drug-likeness (QED) is 0.880. The first kappa shape index (κ1) is 11.4. The van der Waals surface area contributed by atoms with Gasteiger partial charge in [-0.2, -0.15) is 0 Å². The van der Waals surface area contributed by atoms with Crippen LogP contribution in [-0.4, -0.2) is 24.8 Å². The summed E-state index contributed by atoms with van der Waals surface area (Å²) in [4.78, 5) is 0. The van der Waals surface area contributed by atoms with Crippen molar-refractivity contribution in [1.29, 1.82) is 0 Å². The number of rotatable bonds is 2. The molecule has 0 radical (unpaired) electrons. The van der Waals surface area contributed by atoms with Gasteiger partial charge >= 0.3 is 0 Å². The fourth-order valence-corrected chi connectivity index (χ4v) is 2.58. The number of ether oxygens (including phenoxy) is 2. The zero-order chi connectivity index (χ0) is 12.7. The first-order valence-electron chi connectivity index (χ1n) is 6.24. The Morgan fingerprint density at radius 3 is 2.56 bits per heavy atom. The van der Waals surface area contributed by atoms with Crippen molar-refractivity contribution in [3.63, 3.8) is 0 Å². The molecule has 0 fully saturated rings. The van der Waals surface area contributed by atoms with Crippen LogP contribution < -0.4 is 14.8 Å². The van der Waals surface area contributed by atoms with Gasteiger partial charge in [0.05, 0.1) is 5.52 Å². The lowest BCUT2D eigenvalue weighted by Gasteiger charge is -2.18. The molecule has 0 saturated heterocycles. The first-order chi connectivity index (χ1) is 8.72. The highest BCUT2D eigenvalue weighted by Gasteiger charge is 2.18. The maximum Gasteiger partial charge on any atom is 0.163 e. The zero-order valence-corrected chi connectivity index (χ0v) is 11.0. The van der Waals surface area contributed by atoms with Gasteiger partial charge in [0.15, 0.2) is 11.5 Å². The second kappa shape index (κ2) is 4.21. The van der Waals surface area contributed by atoms with Crippen LogP contribution in [0.3, 0.4) is 0 Å². The molecule has 0 saturated carbocycles. The van der Waals surface area contributed by atoms with Gasteiger partial charge in [0.25, 0.3) is 0 Å². The molecule has 0 spiro atoms. The van der Waals surface area contributed by atoms with Crippen molar-refractivity contribution in [3.05, 3.63) is 23.4 Å². The van der Waals surface area contributed by atoms with E-state index in [0.717, 1.165) is 18.0 Å². The van der Waals surface area contributed by atoms with Gasteiger partial charge < -0.3 is 19.4 Å². The van der Waals surface area contributed by atoms with Gasteiger partial charge in [0.1, 0.15) is 13.2 Å². The third-order valence-electron chi connectivity index (χ3n) is 3.64. The SMILES string of the molecule is CNCc1c(C)n(C)c2cc3c(cc12)OCCO3. The standard InChI is InChI=1S/C14H18N2O2/c1-9-11(8-15-2)10-6-13-14(18-5-4-17-13)7-12(10)16(9)3/h6-7,15H,4-5,8H2,1-3H3. The molecule has 2 aromatic rings. The number of nitrogens with one attached hydrogen (secondary N) is 1. The van der Waals surface area contributed by atoms with Crippen molar-refractivity contribution in [2.24, 2.45) is 7.05 Å². The minimum absolute atomic E-state index is 0.630. The average molecular weight is 246 g/mol. The van der Waals surface area contributed by atoms with Gasteiger partial charge in [-0.3, -0.25) is 0 Å². The maximum atomic E-state index is 5.66. The van der Waals surface area contributed by atoms with Crippen LogP contribution >= 0.6 is 0 Å². The number of hydrogen-bond donors (Lipinski definition) is 1. The monoisotopic (exact) mass is 246 g/mol. The summed E-state index contributed by atoms with van der Waals surface area (Å²) in [7, 11) is 4.06. The Kier molecular flexibility index (Phi) is 2.67. The smallest absolute Gasteiger partial charge is 0.163 e. The number of hydrogen-bond acceptors (Lipinski definition) is 3. The molecule has 4 heteroatoms. The fraction of sp³-hybridized carbons (Fsp3) is 0.429. The molecule has 0 unspecified atom stereocenters. The molecule has 0 atom stereocenters. The summed E-state index contributed by atoms with van der Waals surface area (Å²) in [6.45, 7) is 4.27. The molecular weight excluding hydrogens is 228 g/mol. The normalized spacial score (nSPS) is 14.2. The van der Waals surface area contributed by atoms with Crippen molar-refractivity contribution in [2.75, 3.05) is 20.3 Å². The second-order valence-corrected chi connectivity index (χ2v) is 4.67. The summed E-state index contributed by atoms with van der Waals surface area (Å²) in [5, 5.41) is 4.47. The van der Waals surface area contributed by atoms with Gasteiger partial charge in [-0.15, -0.1) is 0 Å². The van der Waals surface area contributed by atoms with Crippen molar-refractivity contribution in [1.82, 2.24) is 9.88 Å². The summed E-state index contributed by atoms with van der Waals surface area (Å²) in [5.41, 5.74) is 3.80. The molecule has 1 N–H and O–H groups in total. The van der Waals surface area contributed by atoms with E-state index in [0.29, 0.717) is 13.2 Å². The molecule has 1 aromatic heterocycles. The van der Waals surface area contributed by atoms with Crippen LogP contribution in [0.25, 0.3) is 10.9 Å². The molecule has 0 bridgehead atoms. The highest BCUT2D eigenvalue weighted by molar-refractivity contribution is 5.88. The van der Waals surface area contributed by atoms with E-state index in [1.165, 1.54) is 22.2 Å². The van der Waals surface area contributed by atoms with Gasteiger partial charge in [-0.1, -0.05) is 0 Å². The number of aromatic nitrogens is 1. The predicted molar refractivity (Wildman–Crippen MR) is 71.4 cm³/mol.